The van der Waals surface area contributed by atoms with E-state index in [1.807, 2.05) is 0 Å². The Balaban J connectivity index is 1.78. The Morgan fingerprint density at radius 2 is 2.05 bits per heavy atom. The number of rotatable bonds is 1. The maximum Gasteiger partial charge on any atom is 0.256 e. The molecule has 0 aromatic heterocycles. The third-order valence-electron chi connectivity index (χ3n) is 4.15. The van der Waals surface area contributed by atoms with Crippen molar-refractivity contribution in [2.75, 3.05) is 26.2 Å². The molecule has 0 spiro atoms. The van der Waals surface area contributed by atoms with Crippen molar-refractivity contribution in [2.45, 2.75) is 6.42 Å². The van der Waals surface area contributed by atoms with Crippen molar-refractivity contribution < 1.29 is 13.6 Å². The summed E-state index contributed by atoms with van der Waals surface area (Å²) in [4.78, 5) is 13.9. The highest BCUT2D eigenvalue weighted by Crippen LogP contribution is 2.27. The number of nitrogens with zero attached hydrogens (tertiary/aromatic N) is 1. The van der Waals surface area contributed by atoms with Crippen molar-refractivity contribution in [3.05, 3.63) is 35.4 Å². The van der Waals surface area contributed by atoms with E-state index < -0.39 is 17.5 Å². The topological polar surface area (TPSA) is 32.3 Å². The Morgan fingerprint density at radius 1 is 1.26 bits per heavy atom. The van der Waals surface area contributed by atoms with Gasteiger partial charge in [0.1, 0.15) is 11.6 Å². The van der Waals surface area contributed by atoms with Gasteiger partial charge in [0.15, 0.2) is 0 Å². The van der Waals surface area contributed by atoms with E-state index in [9.17, 15) is 13.6 Å². The largest absolute Gasteiger partial charge is 0.338 e. The lowest BCUT2D eigenvalue weighted by Crippen LogP contribution is -2.43. The van der Waals surface area contributed by atoms with Crippen LogP contribution in [0.2, 0.25) is 0 Å². The fourth-order valence-electron chi connectivity index (χ4n) is 3.05. The Bertz CT molecular complexity index is 506. The molecule has 2 fully saturated rings. The normalized spacial score (nSPS) is 26.3. The number of piperidine rings is 1. The maximum atomic E-state index is 13.6. The van der Waals surface area contributed by atoms with Crippen molar-refractivity contribution in [1.82, 2.24) is 10.2 Å². The number of hydrogen-bond acceptors (Lipinski definition) is 2. The molecule has 2 aliphatic heterocycles. The highest BCUT2D eigenvalue weighted by Gasteiger charge is 2.35. The molecule has 1 N–H and O–H groups in total. The third kappa shape index (κ3) is 2.34. The molecule has 0 aliphatic carbocycles. The lowest BCUT2D eigenvalue weighted by atomic mass is 9.88. The Kier molecular flexibility index (Phi) is 3.22. The highest BCUT2D eigenvalue weighted by molar-refractivity contribution is 5.94. The molecule has 2 heterocycles. The molecule has 1 aromatic rings. The number of fused-ring (bicyclic) bond motifs is 1. The van der Waals surface area contributed by atoms with Gasteiger partial charge < -0.3 is 10.2 Å². The van der Waals surface area contributed by atoms with Crippen LogP contribution in [0.15, 0.2) is 18.2 Å². The summed E-state index contributed by atoms with van der Waals surface area (Å²) in [6.45, 7) is 3.16. The molecule has 0 radical (unpaired) electrons. The first-order valence-electron chi connectivity index (χ1n) is 6.60. The Morgan fingerprint density at radius 3 is 2.89 bits per heavy atom. The summed E-state index contributed by atoms with van der Waals surface area (Å²) >= 11 is 0. The van der Waals surface area contributed by atoms with Gasteiger partial charge in [0.05, 0.1) is 5.56 Å². The summed E-state index contributed by atoms with van der Waals surface area (Å²) in [6.07, 6.45) is 0.931. The van der Waals surface area contributed by atoms with Gasteiger partial charge in [0.2, 0.25) is 0 Å². The molecule has 2 saturated heterocycles. The van der Waals surface area contributed by atoms with Gasteiger partial charge in [-0.15, -0.1) is 0 Å². The number of halogens is 2. The second kappa shape index (κ2) is 4.89. The number of benzene rings is 1. The number of nitrogens with one attached hydrogen (secondary N) is 1. The number of likely N-dealkylation sites (tertiary alicyclic amines) is 1. The van der Waals surface area contributed by atoms with E-state index in [1.165, 1.54) is 0 Å². The van der Waals surface area contributed by atoms with Crippen LogP contribution in [0.1, 0.15) is 16.8 Å². The van der Waals surface area contributed by atoms with Crippen LogP contribution >= 0.6 is 0 Å². The Hall–Kier alpha value is -1.49. The first kappa shape index (κ1) is 12.5. The second-order valence-electron chi connectivity index (χ2n) is 5.34. The van der Waals surface area contributed by atoms with Crippen LogP contribution in [0, 0.1) is 23.5 Å². The van der Waals surface area contributed by atoms with Crippen LogP contribution in [-0.4, -0.2) is 37.0 Å². The molecule has 3 nitrogen and oxygen atoms in total. The minimum absolute atomic E-state index is 0.163. The molecule has 19 heavy (non-hydrogen) atoms. The van der Waals surface area contributed by atoms with Crippen molar-refractivity contribution >= 4 is 5.91 Å². The van der Waals surface area contributed by atoms with E-state index in [0.717, 1.165) is 37.7 Å². The van der Waals surface area contributed by atoms with E-state index in [2.05, 4.69) is 5.32 Å². The number of amides is 1. The lowest BCUT2D eigenvalue weighted by molar-refractivity contribution is 0.0637. The van der Waals surface area contributed by atoms with Crippen LogP contribution in [-0.2, 0) is 0 Å². The van der Waals surface area contributed by atoms with E-state index in [-0.39, 0.29) is 5.56 Å². The zero-order valence-corrected chi connectivity index (χ0v) is 10.5. The molecule has 5 heteroatoms. The van der Waals surface area contributed by atoms with Gasteiger partial charge in [-0.25, -0.2) is 8.78 Å². The minimum atomic E-state index is -0.655. The van der Waals surface area contributed by atoms with Gasteiger partial charge in [0.25, 0.3) is 5.91 Å². The number of carbonyl (C=O) groups excluding carboxylic acids is 1. The van der Waals surface area contributed by atoms with Gasteiger partial charge in [0, 0.05) is 13.1 Å². The number of carbonyl (C=O) groups is 1. The molecule has 2 atom stereocenters. The summed E-state index contributed by atoms with van der Waals surface area (Å²) < 4.78 is 26.8. The van der Waals surface area contributed by atoms with E-state index in [0.29, 0.717) is 24.9 Å². The molecule has 1 aromatic carbocycles. The smallest absolute Gasteiger partial charge is 0.256 e. The Labute approximate surface area is 110 Å². The van der Waals surface area contributed by atoms with Crippen LogP contribution in [0.5, 0.6) is 0 Å². The van der Waals surface area contributed by atoms with Gasteiger partial charge in [-0.05, 0) is 49.5 Å². The van der Waals surface area contributed by atoms with Crippen LogP contribution in [0.4, 0.5) is 8.78 Å². The van der Waals surface area contributed by atoms with Crippen LogP contribution < -0.4 is 5.32 Å². The molecular weight excluding hydrogens is 250 g/mol. The average Bonchev–Trinajstić information content (AvgIpc) is 2.88. The molecule has 102 valence electrons. The zero-order valence-electron chi connectivity index (χ0n) is 10.5. The molecule has 0 bridgehead atoms. The highest BCUT2D eigenvalue weighted by atomic mass is 19.1. The first-order valence-corrected chi connectivity index (χ1v) is 6.60. The molecule has 0 saturated carbocycles. The standard InChI is InChI=1S/C14H16F2N2O/c15-11-1-2-13(16)12(5-11)14(19)18-4-3-9-6-17-7-10(9)8-18/h1-2,5,9-10,17H,3-4,6-8H2. The molecule has 3 rings (SSSR count). The molecule has 2 aliphatic rings. The molecule has 1 amide bonds. The first-order chi connectivity index (χ1) is 9.15. The van der Waals surface area contributed by atoms with Gasteiger partial charge in [-0.3, -0.25) is 4.79 Å². The van der Waals surface area contributed by atoms with Gasteiger partial charge >= 0.3 is 0 Å². The maximum absolute atomic E-state index is 13.6. The average molecular weight is 266 g/mol. The van der Waals surface area contributed by atoms with Crippen molar-refractivity contribution in [1.29, 1.82) is 0 Å². The zero-order chi connectivity index (χ0) is 13.4. The summed E-state index contributed by atoms with van der Waals surface area (Å²) in [5.41, 5.74) is -0.163. The quantitative estimate of drug-likeness (QED) is 0.838. The van der Waals surface area contributed by atoms with E-state index >= 15 is 0 Å². The SMILES string of the molecule is O=C(c1cc(F)ccc1F)N1CCC2CNCC2C1. The fourth-order valence-corrected chi connectivity index (χ4v) is 3.05. The van der Waals surface area contributed by atoms with Crippen molar-refractivity contribution in [3.63, 3.8) is 0 Å². The minimum Gasteiger partial charge on any atom is -0.338 e. The summed E-state index contributed by atoms with van der Waals surface area (Å²) in [5, 5.41) is 3.31. The van der Waals surface area contributed by atoms with Gasteiger partial charge in [-0.2, -0.15) is 0 Å². The van der Waals surface area contributed by atoms with Crippen LogP contribution in [0.3, 0.4) is 0 Å². The van der Waals surface area contributed by atoms with Gasteiger partial charge in [-0.1, -0.05) is 0 Å². The number of hydrogen-bond donors (Lipinski definition) is 1. The monoisotopic (exact) mass is 266 g/mol. The summed E-state index contributed by atoms with van der Waals surface area (Å²) in [7, 11) is 0. The predicted octanol–water partition coefficient (Wildman–Crippen LogP) is 1.65. The van der Waals surface area contributed by atoms with Crippen molar-refractivity contribution in [3.8, 4) is 0 Å². The summed E-state index contributed by atoms with van der Waals surface area (Å²) in [5.74, 6) is -0.585. The second-order valence-corrected chi connectivity index (χ2v) is 5.34. The van der Waals surface area contributed by atoms with E-state index in [4.69, 9.17) is 0 Å². The van der Waals surface area contributed by atoms with E-state index in [1.54, 1.807) is 4.90 Å². The molecule has 2 unspecified atom stereocenters. The van der Waals surface area contributed by atoms with Crippen molar-refractivity contribution in [2.24, 2.45) is 11.8 Å². The predicted molar refractivity (Wildman–Crippen MR) is 66.7 cm³/mol. The molecular formula is C14H16F2N2O. The van der Waals surface area contributed by atoms with Crippen LogP contribution in [0.25, 0.3) is 0 Å². The third-order valence-corrected chi connectivity index (χ3v) is 4.15. The lowest BCUT2D eigenvalue weighted by Gasteiger charge is -2.34. The summed E-state index contributed by atoms with van der Waals surface area (Å²) in [6, 6.07) is 3.02. The fraction of sp³-hybridized carbons (Fsp3) is 0.500.